The van der Waals surface area contributed by atoms with E-state index in [2.05, 4.69) is 56.4 Å². The molecule has 0 bridgehead atoms. The number of halogens is 1. The fourth-order valence-electron chi connectivity index (χ4n) is 1.34. The second kappa shape index (κ2) is 5.25. The van der Waals surface area contributed by atoms with Crippen molar-refractivity contribution in [2.45, 2.75) is 19.5 Å². The third-order valence-electron chi connectivity index (χ3n) is 2.30. The zero-order valence-corrected chi connectivity index (χ0v) is 11.6. The van der Waals surface area contributed by atoms with Gasteiger partial charge in [-0.3, -0.25) is 0 Å². The van der Waals surface area contributed by atoms with E-state index in [1.54, 1.807) is 22.7 Å². The van der Waals surface area contributed by atoms with Crippen molar-refractivity contribution in [2.75, 3.05) is 0 Å². The highest BCUT2D eigenvalue weighted by Crippen LogP contribution is 2.23. The summed E-state index contributed by atoms with van der Waals surface area (Å²) in [5, 5.41) is 9.94. The van der Waals surface area contributed by atoms with Gasteiger partial charge in [0.05, 0.1) is 0 Å². The van der Waals surface area contributed by atoms with Crippen molar-refractivity contribution < 1.29 is 0 Å². The Kier molecular flexibility index (Phi) is 3.97. The summed E-state index contributed by atoms with van der Waals surface area (Å²) in [6.45, 7) is 3.12. The first-order valence-electron chi connectivity index (χ1n) is 4.74. The first-order valence-corrected chi connectivity index (χ1v) is 7.36. The van der Waals surface area contributed by atoms with Gasteiger partial charge in [0, 0.05) is 21.9 Å². The van der Waals surface area contributed by atoms with Crippen molar-refractivity contribution in [2.24, 2.45) is 0 Å². The summed E-state index contributed by atoms with van der Waals surface area (Å²) in [5.74, 6) is 0. The average molecular weight is 302 g/mol. The standard InChI is InChI=1S/C11H12BrNS2/c1-8(9-2-4-14-7-9)13-6-11-10(12)3-5-15-11/h2-5,7-8,13H,6H2,1H3. The van der Waals surface area contributed by atoms with Crippen LogP contribution < -0.4 is 5.32 Å². The Morgan fingerprint density at radius 1 is 1.40 bits per heavy atom. The van der Waals surface area contributed by atoms with Gasteiger partial charge in [0.15, 0.2) is 0 Å². The van der Waals surface area contributed by atoms with E-state index in [4.69, 9.17) is 0 Å². The minimum absolute atomic E-state index is 0.422. The Labute approximate surface area is 106 Å². The zero-order valence-electron chi connectivity index (χ0n) is 8.37. The van der Waals surface area contributed by atoms with Gasteiger partial charge in [0.25, 0.3) is 0 Å². The molecule has 0 aromatic carbocycles. The average Bonchev–Trinajstić information content (AvgIpc) is 2.85. The fourth-order valence-corrected chi connectivity index (χ4v) is 3.53. The number of hydrogen-bond acceptors (Lipinski definition) is 3. The lowest BCUT2D eigenvalue weighted by molar-refractivity contribution is 0.579. The van der Waals surface area contributed by atoms with Gasteiger partial charge < -0.3 is 5.32 Å². The van der Waals surface area contributed by atoms with Crippen molar-refractivity contribution in [1.29, 1.82) is 0 Å². The summed E-state index contributed by atoms with van der Waals surface area (Å²) in [6.07, 6.45) is 0. The molecule has 0 radical (unpaired) electrons. The second-order valence-electron chi connectivity index (χ2n) is 3.35. The van der Waals surface area contributed by atoms with E-state index in [0.717, 1.165) is 6.54 Å². The Hall–Kier alpha value is -0.160. The van der Waals surface area contributed by atoms with E-state index in [9.17, 15) is 0 Å². The molecule has 0 spiro atoms. The van der Waals surface area contributed by atoms with Gasteiger partial charge in [0.2, 0.25) is 0 Å². The molecular weight excluding hydrogens is 290 g/mol. The van der Waals surface area contributed by atoms with E-state index < -0.39 is 0 Å². The molecule has 4 heteroatoms. The highest BCUT2D eigenvalue weighted by molar-refractivity contribution is 9.10. The van der Waals surface area contributed by atoms with Crippen LogP contribution in [0.2, 0.25) is 0 Å². The first-order chi connectivity index (χ1) is 7.27. The van der Waals surface area contributed by atoms with E-state index in [1.807, 2.05) is 0 Å². The summed E-state index contributed by atoms with van der Waals surface area (Å²) in [7, 11) is 0. The van der Waals surface area contributed by atoms with Gasteiger partial charge in [-0.2, -0.15) is 11.3 Å². The minimum Gasteiger partial charge on any atom is -0.305 e. The maximum atomic E-state index is 3.54. The molecule has 0 saturated carbocycles. The van der Waals surface area contributed by atoms with Crippen LogP contribution in [0.5, 0.6) is 0 Å². The van der Waals surface area contributed by atoms with E-state index in [1.165, 1.54) is 14.9 Å². The number of nitrogens with one attached hydrogen (secondary N) is 1. The fraction of sp³-hybridized carbons (Fsp3) is 0.273. The zero-order chi connectivity index (χ0) is 10.7. The Morgan fingerprint density at radius 2 is 2.27 bits per heavy atom. The van der Waals surface area contributed by atoms with Gasteiger partial charge in [-0.05, 0) is 56.7 Å². The molecule has 0 amide bonds. The van der Waals surface area contributed by atoms with Crippen LogP contribution in [0.3, 0.4) is 0 Å². The molecule has 1 nitrogen and oxygen atoms in total. The second-order valence-corrected chi connectivity index (χ2v) is 5.99. The lowest BCUT2D eigenvalue weighted by atomic mass is 10.2. The van der Waals surface area contributed by atoms with Crippen LogP contribution in [-0.4, -0.2) is 0 Å². The molecule has 2 heterocycles. The van der Waals surface area contributed by atoms with Gasteiger partial charge in [0.1, 0.15) is 0 Å². The quantitative estimate of drug-likeness (QED) is 0.881. The molecule has 0 fully saturated rings. The van der Waals surface area contributed by atoms with E-state index in [-0.39, 0.29) is 0 Å². The Morgan fingerprint density at radius 3 is 2.87 bits per heavy atom. The number of hydrogen-bond donors (Lipinski definition) is 1. The predicted molar refractivity (Wildman–Crippen MR) is 71.6 cm³/mol. The topological polar surface area (TPSA) is 12.0 Å². The summed E-state index contributed by atoms with van der Waals surface area (Å²) in [5.41, 5.74) is 1.37. The Balaban J connectivity index is 1.91. The highest BCUT2D eigenvalue weighted by atomic mass is 79.9. The van der Waals surface area contributed by atoms with E-state index in [0.29, 0.717) is 6.04 Å². The Bertz CT molecular complexity index is 408. The third kappa shape index (κ3) is 2.91. The molecule has 1 atom stereocenters. The smallest absolute Gasteiger partial charge is 0.0327 e. The monoisotopic (exact) mass is 301 g/mol. The van der Waals surface area contributed by atoms with Gasteiger partial charge in [-0.1, -0.05) is 0 Å². The van der Waals surface area contributed by atoms with Gasteiger partial charge in [-0.15, -0.1) is 11.3 Å². The van der Waals surface area contributed by atoms with Crippen LogP contribution in [0.4, 0.5) is 0 Å². The number of thiophene rings is 2. The minimum atomic E-state index is 0.422. The largest absolute Gasteiger partial charge is 0.305 e. The summed E-state index contributed by atoms with van der Waals surface area (Å²) >= 11 is 7.07. The molecule has 2 aromatic heterocycles. The normalized spacial score (nSPS) is 12.9. The summed E-state index contributed by atoms with van der Waals surface area (Å²) < 4.78 is 1.21. The van der Waals surface area contributed by atoms with Crippen LogP contribution in [0, 0.1) is 0 Å². The van der Waals surface area contributed by atoms with Crippen molar-refractivity contribution in [3.05, 3.63) is 43.2 Å². The van der Waals surface area contributed by atoms with Crippen molar-refractivity contribution in [3.8, 4) is 0 Å². The van der Waals surface area contributed by atoms with Crippen LogP contribution in [0.1, 0.15) is 23.4 Å². The molecule has 2 rings (SSSR count). The SMILES string of the molecule is CC(NCc1sccc1Br)c1ccsc1. The first kappa shape index (κ1) is 11.3. The van der Waals surface area contributed by atoms with Crippen LogP contribution >= 0.6 is 38.6 Å². The van der Waals surface area contributed by atoms with Gasteiger partial charge >= 0.3 is 0 Å². The molecule has 1 unspecified atom stereocenters. The molecule has 0 aliphatic rings. The molecule has 1 N–H and O–H groups in total. The molecule has 2 aromatic rings. The lowest BCUT2D eigenvalue weighted by Gasteiger charge is -2.11. The highest BCUT2D eigenvalue weighted by Gasteiger charge is 2.06. The summed E-state index contributed by atoms with van der Waals surface area (Å²) in [4.78, 5) is 1.36. The van der Waals surface area contributed by atoms with E-state index >= 15 is 0 Å². The predicted octanol–water partition coefficient (Wildman–Crippen LogP) is 4.42. The molecule has 80 valence electrons. The third-order valence-corrected chi connectivity index (χ3v) is 4.93. The van der Waals surface area contributed by atoms with Crippen molar-refractivity contribution >= 4 is 38.6 Å². The van der Waals surface area contributed by atoms with Crippen LogP contribution in [-0.2, 0) is 6.54 Å². The van der Waals surface area contributed by atoms with Crippen molar-refractivity contribution in [3.63, 3.8) is 0 Å². The maximum absolute atomic E-state index is 3.54. The van der Waals surface area contributed by atoms with Gasteiger partial charge in [-0.25, -0.2) is 0 Å². The molecule has 15 heavy (non-hydrogen) atoms. The molecule has 0 aliphatic carbocycles. The lowest BCUT2D eigenvalue weighted by Crippen LogP contribution is -2.16. The van der Waals surface area contributed by atoms with Crippen LogP contribution in [0.25, 0.3) is 0 Å². The van der Waals surface area contributed by atoms with Crippen LogP contribution in [0.15, 0.2) is 32.7 Å². The number of rotatable bonds is 4. The maximum Gasteiger partial charge on any atom is 0.0327 e. The molecule has 0 saturated heterocycles. The molecule has 0 aliphatic heterocycles. The molecular formula is C11H12BrNS2. The summed E-state index contributed by atoms with van der Waals surface area (Å²) in [6, 6.07) is 4.69. The van der Waals surface area contributed by atoms with Crippen molar-refractivity contribution in [1.82, 2.24) is 5.32 Å².